The molecule has 3 heteroatoms. The van der Waals surface area contributed by atoms with E-state index in [1.807, 2.05) is 0 Å². The van der Waals surface area contributed by atoms with E-state index in [9.17, 15) is 4.79 Å². The Morgan fingerprint density at radius 1 is 1.15 bits per heavy atom. The van der Waals surface area contributed by atoms with Gasteiger partial charge in [-0.25, -0.2) is 0 Å². The molecule has 1 amide bonds. The summed E-state index contributed by atoms with van der Waals surface area (Å²) in [6.07, 6.45) is 6.90. The largest absolute Gasteiger partial charge is 0.370 e. The Morgan fingerprint density at radius 2 is 1.85 bits per heavy atom. The normalized spacial score (nSPS) is 10.2. The van der Waals surface area contributed by atoms with Crippen molar-refractivity contribution in [3.63, 3.8) is 0 Å². The van der Waals surface area contributed by atoms with E-state index in [1.54, 1.807) is 0 Å². The minimum Gasteiger partial charge on any atom is -0.370 e. The van der Waals surface area contributed by atoms with Crippen LogP contribution in [0.25, 0.3) is 0 Å². The number of primary amides is 1. The van der Waals surface area contributed by atoms with Crippen LogP contribution in [0, 0.1) is 0 Å². The van der Waals surface area contributed by atoms with E-state index in [2.05, 4.69) is 12.2 Å². The van der Waals surface area contributed by atoms with Crippen molar-refractivity contribution < 1.29 is 4.79 Å². The number of hydrogen-bond donors (Lipinski definition) is 2. The van der Waals surface area contributed by atoms with E-state index >= 15 is 0 Å². The molecule has 0 aliphatic carbocycles. The van der Waals surface area contributed by atoms with E-state index < -0.39 is 0 Å². The van der Waals surface area contributed by atoms with E-state index in [4.69, 9.17) is 5.73 Å². The molecule has 0 rings (SSSR count). The molecule has 0 saturated carbocycles. The van der Waals surface area contributed by atoms with Crippen LogP contribution in [-0.4, -0.2) is 19.0 Å². The molecule has 78 valence electrons. The maximum Gasteiger partial charge on any atom is 0.218 e. The third-order valence-corrected chi connectivity index (χ3v) is 2.01. The summed E-state index contributed by atoms with van der Waals surface area (Å²) in [5.41, 5.74) is 4.99. The van der Waals surface area contributed by atoms with Gasteiger partial charge in [-0.2, -0.15) is 0 Å². The van der Waals surface area contributed by atoms with E-state index in [-0.39, 0.29) is 5.91 Å². The summed E-state index contributed by atoms with van der Waals surface area (Å²) in [6, 6.07) is 0. The van der Waals surface area contributed by atoms with Crippen molar-refractivity contribution in [2.45, 2.75) is 45.4 Å². The number of nitrogens with two attached hydrogens (primary N) is 1. The van der Waals surface area contributed by atoms with Gasteiger partial charge in [0.1, 0.15) is 0 Å². The maximum atomic E-state index is 10.4. The predicted molar refractivity (Wildman–Crippen MR) is 55.4 cm³/mol. The fraction of sp³-hybridized carbons (Fsp3) is 0.900. The Labute approximate surface area is 81.1 Å². The second-order valence-corrected chi connectivity index (χ2v) is 3.38. The van der Waals surface area contributed by atoms with Crippen LogP contribution in [-0.2, 0) is 4.79 Å². The standard InChI is InChI=1S/C10H22N2O/c1-2-3-4-5-6-8-12-9-7-10(11)13/h12H,2-9H2,1H3,(H2,11,13). The van der Waals surface area contributed by atoms with Gasteiger partial charge in [-0.1, -0.05) is 32.6 Å². The number of hydrogen-bond acceptors (Lipinski definition) is 2. The fourth-order valence-corrected chi connectivity index (χ4v) is 1.19. The third kappa shape index (κ3) is 11.4. The Hall–Kier alpha value is -0.570. The molecule has 3 N–H and O–H groups in total. The summed E-state index contributed by atoms with van der Waals surface area (Å²) in [7, 11) is 0. The lowest BCUT2D eigenvalue weighted by Crippen LogP contribution is -2.22. The van der Waals surface area contributed by atoms with Gasteiger partial charge >= 0.3 is 0 Å². The first kappa shape index (κ1) is 12.4. The highest BCUT2D eigenvalue weighted by Crippen LogP contribution is 2.00. The molecular formula is C10H22N2O. The molecular weight excluding hydrogens is 164 g/mol. The zero-order valence-electron chi connectivity index (χ0n) is 8.64. The molecule has 0 heterocycles. The third-order valence-electron chi connectivity index (χ3n) is 2.01. The minimum absolute atomic E-state index is 0.224. The maximum absolute atomic E-state index is 10.4. The zero-order valence-corrected chi connectivity index (χ0v) is 8.64. The first-order valence-corrected chi connectivity index (χ1v) is 5.26. The van der Waals surface area contributed by atoms with Gasteiger partial charge in [-0.15, -0.1) is 0 Å². The number of amides is 1. The highest BCUT2D eigenvalue weighted by atomic mass is 16.1. The second-order valence-electron chi connectivity index (χ2n) is 3.38. The molecule has 13 heavy (non-hydrogen) atoms. The highest BCUT2D eigenvalue weighted by molar-refractivity contribution is 5.73. The first-order chi connectivity index (χ1) is 6.27. The van der Waals surface area contributed by atoms with Crippen LogP contribution in [0.15, 0.2) is 0 Å². The summed E-state index contributed by atoms with van der Waals surface area (Å²) in [5, 5.41) is 3.19. The summed E-state index contributed by atoms with van der Waals surface area (Å²) in [4.78, 5) is 10.4. The van der Waals surface area contributed by atoms with Gasteiger partial charge in [-0.3, -0.25) is 4.79 Å². The average molecular weight is 186 g/mol. The average Bonchev–Trinajstić information content (AvgIpc) is 2.09. The van der Waals surface area contributed by atoms with Crippen LogP contribution >= 0.6 is 0 Å². The summed E-state index contributed by atoms with van der Waals surface area (Å²) in [6.45, 7) is 3.95. The summed E-state index contributed by atoms with van der Waals surface area (Å²) < 4.78 is 0. The van der Waals surface area contributed by atoms with Gasteiger partial charge in [0.05, 0.1) is 0 Å². The van der Waals surface area contributed by atoms with Gasteiger partial charge in [0.2, 0.25) is 5.91 Å². The molecule has 0 unspecified atom stereocenters. The van der Waals surface area contributed by atoms with Crippen LogP contribution in [0.2, 0.25) is 0 Å². The molecule has 0 saturated heterocycles. The van der Waals surface area contributed by atoms with Gasteiger partial charge in [0.25, 0.3) is 0 Å². The highest BCUT2D eigenvalue weighted by Gasteiger charge is 1.93. The van der Waals surface area contributed by atoms with Crippen LogP contribution in [0.4, 0.5) is 0 Å². The van der Waals surface area contributed by atoms with Crippen molar-refractivity contribution in [3.8, 4) is 0 Å². The van der Waals surface area contributed by atoms with Crippen LogP contribution in [0.3, 0.4) is 0 Å². The van der Waals surface area contributed by atoms with Crippen molar-refractivity contribution >= 4 is 5.91 Å². The van der Waals surface area contributed by atoms with Gasteiger partial charge < -0.3 is 11.1 Å². The van der Waals surface area contributed by atoms with Crippen molar-refractivity contribution in [1.82, 2.24) is 5.32 Å². The van der Waals surface area contributed by atoms with Gasteiger partial charge in [0, 0.05) is 13.0 Å². The molecule has 3 nitrogen and oxygen atoms in total. The molecule has 0 fully saturated rings. The Bertz CT molecular complexity index is 126. The summed E-state index contributed by atoms with van der Waals surface area (Å²) >= 11 is 0. The number of carbonyl (C=O) groups excluding carboxylic acids is 1. The van der Waals surface area contributed by atoms with Gasteiger partial charge in [0.15, 0.2) is 0 Å². The van der Waals surface area contributed by atoms with Crippen molar-refractivity contribution in [2.75, 3.05) is 13.1 Å². The van der Waals surface area contributed by atoms with E-state index in [0.29, 0.717) is 6.42 Å². The Morgan fingerprint density at radius 3 is 2.46 bits per heavy atom. The quantitative estimate of drug-likeness (QED) is 0.535. The molecule has 0 aromatic carbocycles. The van der Waals surface area contributed by atoms with E-state index in [0.717, 1.165) is 13.1 Å². The SMILES string of the molecule is CCCCCCCNCCC(N)=O. The first-order valence-electron chi connectivity index (χ1n) is 5.26. The number of rotatable bonds is 9. The van der Waals surface area contributed by atoms with E-state index in [1.165, 1.54) is 32.1 Å². The number of nitrogens with one attached hydrogen (secondary N) is 1. The molecule has 0 radical (unpaired) electrons. The fourth-order valence-electron chi connectivity index (χ4n) is 1.19. The predicted octanol–water partition coefficient (Wildman–Crippen LogP) is 1.42. The monoisotopic (exact) mass is 186 g/mol. The zero-order chi connectivity index (χ0) is 9.94. The molecule has 0 spiro atoms. The molecule has 0 bridgehead atoms. The lowest BCUT2D eigenvalue weighted by molar-refractivity contribution is -0.117. The molecule has 0 aliphatic heterocycles. The lowest BCUT2D eigenvalue weighted by atomic mass is 10.1. The van der Waals surface area contributed by atoms with Crippen LogP contribution in [0.1, 0.15) is 45.4 Å². The lowest BCUT2D eigenvalue weighted by Gasteiger charge is -2.02. The topological polar surface area (TPSA) is 55.1 Å². The molecule has 0 aliphatic rings. The second kappa shape index (κ2) is 9.52. The van der Waals surface area contributed by atoms with Crippen molar-refractivity contribution in [3.05, 3.63) is 0 Å². The Kier molecular flexibility index (Phi) is 9.10. The van der Waals surface area contributed by atoms with Crippen LogP contribution in [0.5, 0.6) is 0 Å². The Balaban J connectivity index is 2.87. The van der Waals surface area contributed by atoms with Crippen LogP contribution < -0.4 is 11.1 Å². The number of carbonyl (C=O) groups is 1. The van der Waals surface area contributed by atoms with Crippen molar-refractivity contribution in [1.29, 1.82) is 0 Å². The molecule has 0 aromatic heterocycles. The molecule has 0 atom stereocenters. The smallest absolute Gasteiger partial charge is 0.218 e. The van der Waals surface area contributed by atoms with Crippen molar-refractivity contribution in [2.24, 2.45) is 5.73 Å². The summed E-state index contributed by atoms with van der Waals surface area (Å²) in [5.74, 6) is -0.224. The minimum atomic E-state index is -0.224. The van der Waals surface area contributed by atoms with Gasteiger partial charge in [-0.05, 0) is 13.0 Å². The number of unbranched alkanes of at least 4 members (excludes halogenated alkanes) is 4. The molecule has 0 aromatic rings.